The lowest BCUT2D eigenvalue weighted by Gasteiger charge is -2.04. The van der Waals surface area contributed by atoms with E-state index in [1.54, 1.807) is 16.8 Å². The molecule has 0 unspecified atom stereocenters. The van der Waals surface area contributed by atoms with Crippen molar-refractivity contribution in [2.24, 2.45) is 0 Å². The quantitative estimate of drug-likeness (QED) is 0.707. The molecule has 1 fully saturated rings. The van der Waals surface area contributed by atoms with E-state index in [0.29, 0.717) is 12.6 Å². The average molecular weight is 179 g/mol. The number of hydrogen-bond donors (Lipinski definition) is 1. The molecule has 0 atom stereocenters. The zero-order chi connectivity index (χ0) is 9.10. The Morgan fingerprint density at radius 2 is 2.46 bits per heavy atom. The molecule has 4 heteroatoms. The Morgan fingerprint density at radius 1 is 1.62 bits per heavy atom. The fraction of sp³-hybridized carbons (Fsp3) is 0.556. The van der Waals surface area contributed by atoms with Gasteiger partial charge in [0.05, 0.1) is 0 Å². The largest absolute Gasteiger partial charge is 0.347 e. The molecule has 13 heavy (non-hydrogen) atoms. The van der Waals surface area contributed by atoms with Crippen LogP contribution in [-0.4, -0.2) is 22.1 Å². The van der Waals surface area contributed by atoms with Gasteiger partial charge in [-0.05, 0) is 18.9 Å². The highest BCUT2D eigenvalue weighted by molar-refractivity contribution is 4.83. The van der Waals surface area contributed by atoms with Crippen LogP contribution in [0.25, 0.3) is 0 Å². The summed E-state index contributed by atoms with van der Waals surface area (Å²) < 4.78 is 1.62. The van der Waals surface area contributed by atoms with Crippen LogP contribution in [0.15, 0.2) is 23.3 Å². The van der Waals surface area contributed by atoms with Gasteiger partial charge < -0.3 is 5.32 Å². The number of aromatic nitrogens is 2. The van der Waals surface area contributed by atoms with Crippen molar-refractivity contribution in [3.8, 4) is 0 Å². The molecular formula is C9H13N3O. The third-order valence-electron chi connectivity index (χ3n) is 2.15. The summed E-state index contributed by atoms with van der Waals surface area (Å²) in [7, 11) is 0. The summed E-state index contributed by atoms with van der Waals surface area (Å²) in [4.78, 5) is 14.8. The lowest BCUT2D eigenvalue weighted by molar-refractivity contribution is 0.573. The standard InChI is InChI=1S/C9H13N3O/c13-9-11-4-1-6-12(9)7-5-10-8-2-3-8/h1,4,6,8,10H,2-3,5,7H2. The molecule has 0 spiro atoms. The van der Waals surface area contributed by atoms with Gasteiger partial charge in [-0.15, -0.1) is 0 Å². The number of hydrogen-bond acceptors (Lipinski definition) is 3. The molecule has 1 aromatic rings. The van der Waals surface area contributed by atoms with E-state index >= 15 is 0 Å². The van der Waals surface area contributed by atoms with Crippen LogP contribution in [0.4, 0.5) is 0 Å². The maximum absolute atomic E-state index is 11.1. The SMILES string of the molecule is O=c1ncccn1CCNC1CC1. The molecule has 1 saturated carbocycles. The molecule has 0 saturated heterocycles. The van der Waals surface area contributed by atoms with E-state index < -0.39 is 0 Å². The van der Waals surface area contributed by atoms with Crippen molar-refractivity contribution in [1.82, 2.24) is 14.9 Å². The summed E-state index contributed by atoms with van der Waals surface area (Å²) in [6.45, 7) is 1.57. The lowest BCUT2D eigenvalue weighted by Crippen LogP contribution is -2.28. The summed E-state index contributed by atoms with van der Waals surface area (Å²) in [6, 6.07) is 2.48. The van der Waals surface area contributed by atoms with Crippen LogP contribution in [0.1, 0.15) is 12.8 Å². The van der Waals surface area contributed by atoms with E-state index in [1.807, 2.05) is 0 Å². The highest BCUT2D eigenvalue weighted by Crippen LogP contribution is 2.17. The van der Waals surface area contributed by atoms with E-state index in [9.17, 15) is 4.79 Å². The minimum Gasteiger partial charge on any atom is -0.312 e. The molecule has 1 aliphatic carbocycles. The van der Waals surface area contributed by atoms with Gasteiger partial charge in [0, 0.05) is 31.5 Å². The first kappa shape index (κ1) is 8.44. The molecule has 0 bridgehead atoms. The topological polar surface area (TPSA) is 46.9 Å². The predicted molar refractivity (Wildman–Crippen MR) is 49.5 cm³/mol. The molecule has 0 radical (unpaired) electrons. The van der Waals surface area contributed by atoms with Crippen molar-refractivity contribution in [1.29, 1.82) is 0 Å². The van der Waals surface area contributed by atoms with Crippen LogP contribution in [0.2, 0.25) is 0 Å². The first-order valence-corrected chi connectivity index (χ1v) is 4.61. The highest BCUT2D eigenvalue weighted by Gasteiger charge is 2.19. The van der Waals surface area contributed by atoms with Crippen molar-refractivity contribution >= 4 is 0 Å². The predicted octanol–water partition coefficient (Wildman–Crippen LogP) is -0.00470. The smallest absolute Gasteiger partial charge is 0.312 e. The Kier molecular flexibility index (Phi) is 2.40. The van der Waals surface area contributed by atoms with Crippen molar-refractivity contribution < 1.29 is 0 Å². The van der Waals surface area contributed by atoms with E-state index in [2.05, 4.69) is 10.3 Å². The molecular weight excluding hydrogens is 166 g/mol. The van der Waals surface area contributed by atoms with E-state index in [0.717, 1.165) is 6.54 Å². The Morgan fingerprint density at radius 3 is 3.15 bits per heavy atom. The van der Waals surface area contributed by atoms with Gasteiger partial charge in [-0.1, -0.05) is 0 Å². The van der Waals surface area contributed by atoms with Gasteiger partial charge in [0.2, 0.25) is 0 Å². The lowest BCUT2D eigenvalue weighted by atomic mass is 10.5. The van der Waals surface area contributed by atoms with Gasteiger partial charge in [-0.3, -0.25) is 4.57 Å². The first-order valence-electron chi connectivity index (χ1n) is 4.61. The van der Waals surface area contributed by atoms with Crippen LogP contribution >= 0.6 is 0 Å². The summed E-state index contributed by atoms with van der Waals surface area (Å²) >= 11 is 0. The molecule has 1 heterocycles. The molecule has 0 aliphatic heterocycles. The van der Waals surface area contributed by atoms with Crippen LogP contribution < -0.4 is 11.0 Å². The summed E-state index contributed by atoms with van der Waals surface area (Å²) in [6.07, 6.45) is 5.85. The maximum Gasteiger partial charge on any atom is 0.347 e. The Hall–Kier alpha value is -1.16. The Bertz CT molecular complexity index is 330. The second kappa shape index (κ2) is 3.70. The van der Waals surface area contributed by atoms with Gasteiger partial charge in [-0.25, -0.2) is 9.78 Å². The third-order valence-corrected chi connectivity index (χ3v) is 2.15. The van der Waals surface area contributed by atoms with Crippen molar-refractivity contribution in [2.75, 3.05) is 6.54 Å². The molecule has 1 aliphatic rings. The zero-order valence-electron chi connectivity index (χ0n) is 7.44. The molecule has 0 aromatic carbocycles. The summed E-state index contributed by atoms with van der Waals surface area (Å²) in [5, 5.41) is 3.34. The molecule has 2 rings (SSSR count). The van der Waals surface area contributed by atoms with Crippen LogP contribution in [0, 0.1) is 0 Å². The number of nitrogens with one attached hydrogen (secondary N) is 1. The van der Waals surface area contributed by atoms with Gasteiger partial charge in [0.1, 0.15) is 0 Å². The minimum absolute atomic E-state index is 0.167. The second-order valence-corrected chi connectivity index (χ2v) is 3.32. The second-order valence-electron chi connectivity index (χ2n) is 3.32. The highest BCUT2D eigenvalue weighted by atomic mass is 16.1. The van der Waals surface area contributed by atoms with Gasteiger partial charge in [0.15, 0.2) is 0 Å². The number of rotatable bonds is 4. The monoisotopic (exact) mass is 179 g/mol. The van der Waals surface area contributed by atoms with E-state index in [4.69, 9.17) is 0 Å². The van der Waals surface area contributed by atoms with Crippen molar-refractivity contribution in [3.05, 3.63) is 28.9 Å². The van der Waals surface area contributed by atoms with Crippen LogP contribution in [-0.2, 0) is 6.54 Å². The summed E-state index contributed by atoms with van der Waals surface area (Å²) in [5.74, 6) is 0. The molecule has 1 aromatic heterocycles. The Labute approximate surface area is 76.6 Å². The maximum atomic E-state index is 11.1. The fourth-order valence-corrected chi connectivity index (χ4v) is 1.23. The Balaban J connectivity index is 1.85. The molecule has 70 valence electrons. The number of nitrogens with zero attached hydrogens (tertiary/aromatic N) is 2. The van der Waals surface area contributed by atoms with E-state index in [-0.39, 0.29) is 5.69 Å². The van der Waals surface area contributed by atoms with Crippen LogP contribution in [0.3, 0.4) is 0 Å². The van der Waals surface area contributed by atoms with Crippen molar-refractivity contribution in [2.45, 2.75) is 25.4 Å². The molecule has 0 amide bonds. The average Bonchev–Trinajstić information content (AvgIpc) is 2.92. The van der Waals surface area contributed by atoms with Crippen LogP contribution in [0.5, 0.6) is 0 Å². The molecule has 1 N–H and O–H groups in total. The third kappa shape index (κ3) is 2.39. The van der Waals surface area contributed by atoms with Gasteiger partial charge in [-0.2, -0.15) is 0 Å². The minimum atomic E-state index is -0.167. The fourth-order valence-electron chi connectivity index (χ4n) is 1.23. The normalized spacial score (nSPS) is 16.0. The van der Waals surface area contributed by atoms with Crippen molar-refractivity contribution in [3.63, 3.8) is 0 Å². The van der Waals surface area contributed by atoms with E-state index in [1.165, 1.54) is 19.0 Å². The molecule has 4 nitrogen and oxygen atoms in total. The van der Waals surface area contributed by atoms with Gasteiger partial charge >= 0.3 is 5.69 Å². The first-order chi connectivity index (χ1) is 6.36. The summed E-state index contributed by atoms with van der Waals surface area (Å²) in [5.41, 5.74) is -0.167. The zero-order valence-corrected chi connectivity index (χ0v) is 7.44. The van der Waals surface area contributed by atoms with Gasteiger partial charge in [0.25, 0.3) is 0 Å².